The molecule has 3 atom stereocenters. The van der Waals surface area contributed by atoms with E-state index >= 15 is 0 Å². The van der Waals surface area contributed by atoms with E-state index < -0.39 is 16.2 Å². The van der Waals surface area contributed by atoms with Crippen LogP contribution in [0.3, 0.4) is 0 Å². The van der Waals surface area contributed by atoms with Gasteiger partial charge in [-0.3, -0.25) is 19.3 Å². The van der Waals surface area contributed by atoms with E-state index in [4.69, 9.17) is 0 Å². The number of piperidine rings is 1. The van der Waals surface area contributed by atoms with Crippen LogP contribution in [-0.2, 0) is 20.8 Å². The van der Waals surface area contributed by atoms with Gasteiger partial charge in [-0.05, 0) is 52.8 Å². The first kappa shape index (κ1) is 23.0. The smallest absolute Gasteiger partial charge is 0.245 e. The van der Waals surface area contributed by atoms with Crippen LogP contribution in [0, 0.1) is 16.2 Å². The summed E-state index contributed by atoms with van der Waals surface area (Å²) in [6.45, 7) is 6.36. The van der Waals surface area contributed by atoms with Gasteiger partial charge >= 0.3 is 0 Å². The SMILES string of the molecule is CN1C(=O)[C@@]2(C(=O)N3CCc4ccccc4[C@H]3c3ccc4ccccc4c3)CC[C@@](C)(C1=O)C2(C)C. The van der Waals surface area contributed by atoms with Gasteiger partial charge in [-0.15, -0.1) is 0 Å². The zero-order valence-corrected chi connectivity index (χ0v) is 21.4. The van der Waals surface area contributed by atoms with E-state index in [2.05, 4.69) is 42.5 Å². The maximum Gasteiger partial charge on any atom is 0.245 e. The normalized spacial score (nSPS) is 28.9. The second-order valence-electron chi connectivity index (χ2n) is 11.5. The molecule has 3 aliphatic rings. The molecule has 2 aliphatic heterocycles. The number of nitrogens with zero attached hydrogens (tertiary/aromatic N) is 2. The molecule has 3 aromatic carbocycles. The molecule has 0 spiro atoms. The number of hydrogen-bond donors (Lipinski definition) is 0. The molecule has 0 unspecified atom stereocenters. The summed E-state index contributed by atoms with van der Waals surface area (Å²) >= 11 is 0. The summed E-state index contributed by atoms with van der Waals surface area (Å²) in [6.07, 6.45) is 1.67. The summed E-state index contributed by atoms with van der Waals surface area (Å²) in [4.78, 5) is 45.0. The Morgan fingerprint density at radius 3 is 2.33 bits per heavy atom. The summed E-state index contributed by atoms with van der Waals surface area (Å²) in [5.41, 5.74) is 0.577. The van der Waals surface area contributed by atoms with Crippen LogP contribution >= 0.6 is 0 Å². The topological polar surface area (TPSA) is 57.7 Å². The number of likely N-dealkylation sites (tertiary alicyclic amines) is 1. The fourth-order valence-corrected chi connectivity index (χ4v) is 7.26. The van der Waals surface area contributed by atoms with Gasteiger partial charge in [-0.25, -0.2) is 0 Å². The first-order valence-corrected chi connectivity index (χ1v) is 12.8. The van der Waals surface area contributed by atoms with Gasteiger partial charge < -0.3 is 4.90 Å². The van der Waals surface area contributed by atoms with Crippen molar-refractivity contribution >= 4 is 28.5 Å². The maximum atomic E-state index is 14.8. The Morgan fingerprint density at radius 2 is 1.56 bits per heavy atom. The number of benzene rings is 3. The van der Waals surface area contributed by atoms with Gasteiger partial charge in [0.1, 0.15) is 5.41 Å². The average Bonchev–Trinajstić information content (AvgIpc) is 3.07. The molecule has 3 amide bonds. The van der Waals surface area contributed by atoms with Gasteiger partial charge in [0.2, 0.25) is 17.7 Å². The van der Waals surface area contributed by atoms with Gasteiger partial charge in [0.15, 0.2) is 0 Å². The van der Waals surface area contributed by atoms with E-state index in [0.29, 0.717) is 19.4 Å². The molecule has 2 bridgehead atoms. The second kappa shape index (κ2) is 7.52. The van der Waals surface area contributed by atoms with Crippen molar-refractivity contribution in [2.24, 2.45) is 16.2 Å². The summed E-state index contributed by atoms with van der Waals surface area (Å²) in [5, 5.41) is 2.27. The van der Waals surface area contributed by atoms with Crippen LogP contribution in [0.1, 0.15) is 56.3 Å². The number of imide groups is 1. The number of rotatable bonds is 2. The van der Waals surface area contributed by atoms with Crippen molar-refractivity contribution in [1.29, 1.82) is 0 Å². The molecule has 0 radical (unpaired) electrons. The van der Waals surface area contributed by atoms with Crippen molar-refractivity contribution < 1.29 is 14.4 Å². The molecule has 0 aromatic heterocycles. The predicted octanol–water partition coefficient (Wildman–Crippen LogP) is 5.13. The van der Waals surface area contributed by atoms with E-state index in [9.17, 15) is 14.4 Å². The van der Waals surface area contributed by atoms with Crippen LogP contribution in [-0.4, -0.2) is 41.1 Å². The molecule has 2 fully saturated rings. The highest BCUT2D eigenvalue weighted by atomic mass is 16.2. The molecular weight excluding hydrogens is 448 g/mol. The maximum absolute atomic E-state index is 14.8. The number of hydrogen-bond acceptors (Lipinski definition) is 3. The van der Waals surface area contributed by atoms with E-state index in [1.165, 1.54) is 17.5 Å². The molecule has 36 heavy (non-hydrogen) atoms. The van der Waals surface area contributed by atoms with E-state index in [1.807, 2.05) is 49.9 Å². The van der Waals surface area contributed by atoms with Gasteiger partial charge in [-0.1, -0.05) is 81.4 Å². The van der Waals surface area contributed by atoms with E-state index in [-0.39, 0.29) is 23.8 Å². The summed E-state index contributed by atoms with van der Waals surface area (Å²) in [7, 11) is 1.54. The molecule has 6 rings (SSSR count). The van der Waals surface area contributed by atoms with Crippen LogP contribution in [0.25, 0.3) is 10.8 Å². The molecule has 1 aliphatic carbocycles. The van der Waals surface area contributed by atoms with Crippen LogP contribution in [0.5, 0.6) is 0 Å². The van der Waals surface area contributed by atoms with Crippen molar-refractivity contribution in [2.75, 3.05) is 13.6 Å². The molecule has 1 saturated heterocycles. The van der Waals surface area contributed by atoms with Crippen LogP contribution in [0.4, 0.5) is 0 Å². The quantitative estimate of drug-likeness (QED) is 0.378. The predicted molar refractivity (Wildman–Crippen MR) is 139 cm³/mol. The molecule has 1 saturated carbocycles. The van der Waals surface area contributed by atoms with Gasteiger partial charge in [0.25, 0.3) is 0 Å². The van der Waals surface area contributed by atoms with E-state index in [1.54, 1.807) is 0 Å². The molecule has 2 heterocycles. The van der Waals surface area contributed by atoms with Gasteiger partial charge in [-0.2, -0.15) is 0 Å². The monoisotopic (exact) mass is 480 g/mol. The highest BCUT2D eigenvalue weighted by Gasteiger charge is 2.75. The number of fused-ring (bicyclic) bond motifs is 4. The standard InChI is InChI=1S/C31H32N2O3/c1-29(2)30(3)16-17-31(29,27(35)32(4)26(30)34)28(36)33-18-15-21-10-7-8-12-24(21)25(33)23-14-13-20-9-5-6-11-22(20)19-23/h5-14,19,25H,15-18H2,1-4H3/t25-,30+,31-/m1/s1. The fraction of sp³-hybridized carbons (Fsp3) is 0.387. The molecule has 5 nitrogen and oxygen atoms in total. The number of carbonyl (C=O) groups is 3. The van der Waals surface area contributed by atoms with E-state index in [0.717, 1.165) is 28.3 Å². The lowest BCUT2D eigenvalue weighted by Gasteiger charge is -2.54. The average molecular weight is 481 g/mol. The largest absolute Gasteiger partial charge is 0.330 e. The lowest BCUT2D eigenvalue weighted by atomic mass is 9.54. The third-order valence-electron chi connectivity index (χ3n) is 9.89. The molecule has 184 valence electrons. The molecule has 3 aromatic rings. The summed E-state index contributed by atoms with van der Waals surface area (Å²) in [6, 6.07) is 22.6. The van der Waals surface area contributed by atoms with Crippen molar-refractivity contribution in [3.8, 4) is 0 Å². The first-order chi connectivity index (χ1) is 17.1. The Balaban J connectivity index is 1.52. The van der Waals surface area contributed by atoms with Crippen LogP contribution < -0.4 is 0 Å². The first-order valence-electron chi connectivity index (χ1n) is 12.8. The van der Waals surface area contributed by atoms with Crippen molar-refractivity contribution in [2.45, 2.75) is 46.1 Å². The third-order valence-corrected chi connectivity index (χ3v) is 9.89. The number of carbonyl (C=O) groups excluding carboxylic acids is 3. The van der Waals surface area contributed by atoms with Gasteiger partial charge in [0.05, 0.1) is 11.5 Å². The zero-order chi connectivity index (χ0) is 25.5. The third kappa shape index (κ3) is 2.69. The lowest BCUT2D eigenvalue weighted by molar-refractivity contribution is -0.183. The highest BCUT2D eigenvalue weighted by molar-refractivity contribution is 6.16. The minimum absolute atomic E-state index is 0.145. The Bertz CT molecular complexity index is 1440. The van der Waals surface area contributed by atoms with Crippen LogP contribution in [0.15, 0.2) is 66.7 Å². The Labute approximate surface area is 212 Å². The second-order valence-corrected chi connectivity index (χ2v) is 11.5. The fourth-order valence-electron chi connectivity index (χ4n) is 7.26. The van der Waals surface area contributed by atoms with Crippen LogP contribution in [0.2, 0.25) is 0 Å². The number of amides is 3. The summed E-state index contributed by atoms with van der Waals surface area (Å²) in [5.74, 6) is -0.671. The Kier molecular flexibility index (Phi) is 4.79. The molecular formula is C31H32N2O3. The molecule has 0 N–H and O–H groups in total. The lowest BCUT2D eigenvalue weighted by Crippen LogP contribution is -2.68. The minimum Gasteiger partial charge on any atom is -0.330 e. The minimum atomic E-state index is -1.26. The Hall–Kier alpha value is -3.47. The van der Waals surface area contributed by atoms with Crippen molar-refractivity contribution in [3.05, 3.63) is 83.4 Å². The zero-order valence-electron chi connectivity index (χ0n) is 21.4. The highest BCUT2D eigenvalue weighted by Crippen LogP contribution is 2.67. The molecule has 5 heteroatoms. The van der Waals surface area contributed by atoms with Gasteiger partial charge in [0, 0.05) is 19.0 Å². The Morgan fingerprint density at radius 1 is 0.861 bits per heavy atom. The van der Waals surface area contributed by atoms with Crippen molar-refractivity contribution in [1.82, 2.24) is 9.80 Å². The summed E-state index contributed by atoms with van der Waals surface area (Å²) < 4.78 is 0. The van der Waals surface area contributed by atoms with Crippen molar-refractivity contribution in [3.63, 3.8) is 0 Å².